The lowest BCUT2D eigenvalue weighted by Gasteiger charge is -2.25. The molecule has 0 fully saturated rings. The molecule has 0 heterocycles. The molecule has 0 aliphatic heterocycles. The van der Waals surface area contributed by atoms with Crippen LogP contribution >= 0.6 is 15.9 Å². The summed E-state index contributed by atoms with van der Waals surface area (Å²) in [5, 5.41) is 0. The van der Waals surface area contributed by atoms with Gasteiger partial charge in [-0.3, -0.25) is 0 Å². The Bertz CT molecular complexity index is 463. The van der Waals surface area contributed by atoms with Crippen LogP contribution in [0.25, 0.3) is 0 Å². The number of halogens is 1. The summed E-state index contributed by atoms with van der Waals surface area (Å²) >= 11 is 3.86. The van der Waals surface area contributed by atoms with Crippen LogP contribution in [0, 0.1) is 18.3 Å². The zero-order valence-electron chi connectivity index (χ0n) is 14.4. The number of ether oxygens (including phenoxy) is 2. The molecule has 0 spiro atoms. The van der Waals surface area contributed by atoms with Crippen LogP contribution in [-0.4, -0.2) is 14.2 Å². The highest BCUT2D eigenvalue weighted by atomic mass is 79.9. The fraction of sp³-hybridized carbons (Fsp3) is 0.667. The van der Waals surface area contributed by atoms with Crippen molar-refractivity contribution in [3.63, 3.8) is 0 Å². The fourth-order valence-corrected chi connectivity index (χ4v) is 4.07. The van der Waals surface area contributed by atoms with E-state index in [1.165, 1.54) is 17.5 Å². The first-order valence-corrected chi connectivity index (χ1v) is 8.46. The normalized spacial score (nSPS) is 14.7. The molecule has 0 aliphatic rings. The van der Waals surface area contributed by atoms with E-state index >= 15 is 0 Å². The average Bonchev–Trinajstić information content (AvgIpc) is 2.35. The Morgan fingerprint density at radius 1 is 1.10 bits per heavy atom. The van der Waals surface area contributed by atoms with Gasteiger partial charge in [0.15, 0.2) is 11.5 Å². The van der Waals surface area contributed by atoms with Gasteiger partial charge in [-0.25, -0.2) is 0 Å². The molecule has 0 amide bonds. The predicted molar refractivity (Wildman–Crippen MR) is 93.8 cm³/mol. The van der Waals surface area contributed by atoms with Crippen molar-refractivity contribution in [2.75, 3.05) is 14.2 Å². The summed E-state index contributed by atoms with van der Waals surface area (Å²) in [6.07, 6.45) is 2.34. The van der Waals surface area contributed by atoms with Crippen LogP contribution in [0.3, 0.4) is 0 Å². The van der Waals surface area contributed by atoms with Crippen molar-refractivity contribution < 1.29 is 9.47 Å². The standard InChI is InChI=1S/C18H29BrO2/c1-12(11-18(3,4)5)8-15(19)14-10-17(21-7)16(20-6)9-13(14)2/h9-10,12,15H,8,11H2,1-7H3. The molecule has 1 aromatic carbocycles. The van der Waals surface area contributed by atoms with Crippen LogP contribution in [0.5, 0.6) is 11.5 Å². The van der Waals surface area contributed by atoms with Gasteiger partial charge >= 0.3 is 0 Å². The van der Waals surface area contributed by atoms with E-state index in [0.717, 1.165) is 17.9 Å². The molecule has 1 aromatic rings. The van der Waals surface area contributed by atoms with E-state index in [1.807, 2.05) is 0 Å². The van der Waals surface area contributed by atoms with Crippen molar-refractivity contribution in [3.05, 3.63) is 23.3 Å². The minimum atomic E-state index is 0.342. The molecule has 2 unspecified atom stereocenters. The lowest BCUT2D eigenvalue weighted by Crippen LogP contribution is -2.12. The van der Waals surface area contributed by atoms with Gasteiger partial charge in [0, 0.05) is 4.83 Å². The first kappa shape index (κ1) is 18.3. The van der Waals surface area contributed by atoms with E-state index in [4.69, 9.17) is 9.47 Å². The second-order valence-corrected chi connectivity index (χ2v) is 8.24. The Balaban J connectivity index is 2.89. The molecule has 21 heavy (non-hydrogen) atoms. The van der Waals surface area contributed by atoms with Crippen LogP contribution in [0.2, 0.25) is 0 Å². The molecule has 0 saturated carbocycles. The highest BCUT2D eigenvalue weighted by molar-refractivity contribution is 9.09. The van der Waals surface area contributed by atoms with E-state index in [1.54, 1.807) is 14.2 Å². The zero-order valence-corrected chi connectivity index (χ0v) is 16.0. The Morgan fingerprint density at radius 3 is 2.10 bits per heavy atom. The van der Waals surface area contributed by atoms with E-state index < -0.39 is 0 Å². The Hall–Kier alpha value is -0.700. The molecule has 2 nitrogen and oxygen atoms in total. The third-order valence-electron chi connectivity index (χ3n) is 3.68. The predicted octanol–water partition coefficient (Wildman–Crippen LogP) is 5.91. The van der Waals surface area contributed by atoms with Gasteiger partial charge in [-0.2, -0.15) is 0 Å². The van der Waals surface area contributed by atoms with Crippen molar-refractivity contribution in [2.24, 2.45) is 11.3 Å². The van der Waals surface area contributed by atoms with Crippen LogP contribution in [0.15, 0.2) is 12.1 Å². The van der Waals surface area contributed by atoms with Crippen molar-refractivity contribution in [1.29, 1.82) is 0 Å². The molecule has 0 aliphatic carbocycles. The number of hydrogen-bond donors (Lipinski definition) is 0. The number of hydrogen-bond acceptors (Lipinski definition) is 2. The smallest absolute Gasteiger partial charge is 0.161 e. The van der Waals surface area contributed by atoms with E-state index in [0.29, 0.717) is 16.2 Å². The monoisotopic (exact) mass is 356 g/mol. The van der Waals surface area contributed by atoms with Crippen molar-refractivity contribution >= 4 is 15.9 Å². The van der Waals surface area contributed by atoms with Gasteiger partial charge < -0.3 is 9.47 Å². The molecular formula is C18H29BrO2. The van der Waals surface area contributed by atoms with Gasteiger partial charge in [-0.1, -0.05) is 43.6 Å². The average molecular weight is 357 g/mol. The van der Waals surface area contributed by atoms with Crippen LogP contribution < -0.4 is 9.47 Å². The Morgan fingerprint density at radius 2 is 1.62 bits per heavy atom. The quantitative estimate of drug-likeness (QED) is 0.589. The molecule has 0 bridgehead atoms. The SMILES string of the molecule is COc1cc(C)c(C(Br)CC(C)CC(C)(C)C)cc1OC. The summed E-state index contributed by atoms with van der Waals surface area (Å²) in [5.41, 5.74) is 2.89. The third kappa shape index (κ3) is 5.54. The maximum absolute atomic E-state index is 5.42. The molecular weight excluding hydrogens is 328 g/mol. The first-order chi connectivity index (χ1) is 9.67. The highest BCUT2D eigenvalue weighted by Gasteiger charge is 2.21. The summed E-state index contributed by atoms with van der Waals surface area (Å²) in [7, 11) is 3.36. The lowest BCUT2D eigenvalue weighted by molar-refractivity contribution is 0.296. The van der Waals surface area contributed by atoms with E-state index in [-0.39, 0.29) is 0 Å². The van der Waals surface area contributed by atoms with Crippen LogP contribution in [0.1, 0.15) is 56.5 Å². The van der Waals surface area contributed by atoms with Gasteiger partial charge in [0.1, 0.15) is 0 Å². The molecule has 1 rings (SSSR count). The number of alkyl halides is 1. The molecule has 120 valence electrons. The van der Waals surface area contributed by atoms with Crippen LogP contribution in [-0.2, 0) is 0 Å². The molecule has 3 heteroatoms. The Labute approximate surface area is 138 Å². The highest BCUT2D eigenvalue weighted by Crippen LogP contribution is 2.40. The third-order valence-corrected chi connectivity index (χ3v) is 4.55. The van der Waals surface area contributed by atoms with Crippen molar-refractivity contribution in [1.82, 2.24) is 0 Å². The summed E-state index contributed by atoms with van der Waals surface area (Å²) in [6, 6.07) is 4.15. The summed E-state index contributed by atoms with van der Waals surface area (Å²) in [4.78, 5) is 0.342. The lowest BCUT2D eigenvalue weighted by atomic mass is 9.83. The summed E-state index contributed by atoms with van der Waals surface area (Å²) in [6.45, 7) is 11.4. The van der Waals surface area contributed by atoms with Gasteiger partial charge in [-0.05, 0) is 54.4 Å². The number of rotatable bonds is 6. The zero-order chi connectivity index (χ0) is 16.2. The molecule has 0 radical (unpaired) electrons. The van der Waals surface area contributed by atoms with Crippen molar-refractivity contribution in [3.8, 4) is 11.5 Å². The second kappa shape index (κ2) is 7.53. The molecule has 0 N–H and O–H groups in total. The van der Waals surface area contributed by atoms with Gasteiger partial charge in [-0.15, -0.1) is 0 Å². The fourth-order valence-electron chi connectivity index (χ4n) is 2.94. The second-order valence-electron chi connectivity index (χ2n) is 7.14. The number of methoxy groups -OCH3 is 2. The summed E-state index contributed by atoms with van der Waals surface area (Å²) in [5.74, 6) is 2.26. The maximum atomic E-state index is 5.42. The van der Waals surface area contributed by atoms with E-state index in [2.05, 4.69) is 62.7 Å². The summed E-state index contributed by atoms with van der Waals surface area (Å²) < 4.78 is 10.8. The first-order valence-electron chi connectivity index (χ1n) is 7.54. The molecule has 2 atom stereocenters. The number of benzene rings is 1. The minimum absolute atomic E-state index is 0.342. The van der Waals surface area contributed by atoms with Gasteiger partial charge in [0.25, 0.3) is 0 Å². The van der Waals surface area contributed by atoms with Gasteiger partial charge in [0.2, 0.25) is 0 Å². The largest absolute Gasteiger partial charge is 0.493 e. The maximum Gasteiger partial charge on any atom is 0.161 e. The Kier molecular flexibility index (Phi) is 6.58. The van der Waals surface area contributed by atoms with Crippen molar-refractivity contribution in [2.45, 2.75) is 52.3 Å². The van der Waals surface area contributed by atoms with Gasteiger partial charge in [0.05, 0.1) is 14.2 Å². The van der Waals surface area contributed by atoms with E-state index in [9.17, 15) is 0 Å². The molecule has 0 saturated heterocycles. The molecule has 0 aromatic heterocycles. The topological polar surface area (TPSA) is 18.5 Å². The minimum Gasteiger partial charge on any atom is -0.493 e. The number of aryl methyl sites for hydroxylation is 1. The van der Waals surface area contributed by atoms with Crippen LogP contribution in [0.4, 0.5) is 0 Å².